The van der Waals surface area contributed by atoms with Crippen LogP contribution in [0.1, 0.15) is 59.7 Å². The lowest BCUT2D eigenvalue weighted by Gasteiger charge is -2.16. The van der Waals surface area contributed by atoms with Gasteiger partial charge in [-0.05, 0) is 50.8 Å². The maximum absolute atomic E-state index is 12.9. The molecule has 3 aromatic rings. The van der Waals surface area contributed by atoms with Crippen molar-refractivity contribution in [1.82, 2.24) is 24.9 Å². The van der Waals surface area contributed by atoms with Crippen molar-refractivity contribution in [3.05, 3.63) is 64.7 Å². The summed E-state index contributed by atoms with van der Waals surface area (Å²) in [6.07, 6.45) is 1.68. The van der Waals surface area contributed by atoms with Gasteiger partial charge in [-0.2, -0.15) is 10.2 Å². The first kappa shape index (κ1) is 20.8. The Labute approximate surface area is 172 Å². The van der Waals surface area contributed by atoms with Gasteiger partial charge in [-0.25, -0.2) is 4.68 Å². The Kier molecular flexibility index (Phi) is 6.20. The van der Waals surface area contributed by atoms with E-state index in [9.17, 15) is 4.79 Å². The van der Waals surface area contributed by atoms with Crippen LogP contribution < -0.4 is 5.32 Å². The molecule has 2 aromatic heterocycles. The molecular formula is C23H31N5O. The van der Waals surface area contributed by atoms with E-state index in [0.717, 1.165) is 29.3 Å². The Balaban J connectivity index is 1.72. The van der Waals surface area contributed by atoms with Crippen LogP contribution in [0.3, 0.4) is 0 Å². The van der Waals surface area contributed by atoms with Gasteiger partial charge in [0, 0.05) is 18.8 Å². The minimum atomic E-state index is -0.0766. The standard InChI is InChI=1S/C23H31N5O/c1-15(2)22-21(13-25-28(22)20-9-7-16(3)8-10-20)23(29)24-12-17(4)14-27-19(6)11-18(5)26-27/h7-11,13,15,17H,12,14H2,1-6H3,(H,24,29). The zero-order valence-corrected chi connectivity index (χ0v) is 18.2. The van der Waals surface area contributed by atoms with E-state index in [1.54, 1.807) is 6.20 Å². The van der Waals surface area contributed by atoms with E-state index < -0.39 is 0 Å². The molecule has 29 heavy (non-hydrogen) atoms. The summed E-state index contributed by atoms with van der Waals surface area (Å²) >= 11 is 0. The highest BCUT2D eigenvalue weighted by Crippen LogP contribution is 2.23. The smallest absolute Gasteiger partial charge is 0.254 e. The quantitative estimate of drug-likeness (QED) is 0.655. The van der Waals surface area contributed by atoms with E-state index in [0.29, 0.717) is 12.1 Å². The molecule has 0 aliphatic rings. The molecule has 154 valence electrons. The summed E-state index contributed by atoms with van der Waals surface area (Å²) in [4.78, 5) is 12.9. The van der Waals surface area contributed by atoms with Gasteiger partial charge >= 0.3 is 0 Å². The van der Waals surface area contributed by atoms with Gasteiger partial charge in [-0.1, -0.05) is 38.5 Å². The fourth-order valence-electron chi connectivity index (χ4n) is 3.56. The second kappa shape index (κ2) is 8.64. The molecule has 1 amide bonds. The van der Waals surface area contributed by atoms with Crippen LogP contribution in [0.4, 0.5) is 0 Å². The molecule has 0 spiro atoms. The maximum Gasteiger partial charge on any atom is 0.254 e. The summed E-state index contributed by atoms with van der Waals surface area (Å²) in [5.41, 5.74) is 5.89. The van der Waals surface area contributed by atoms with E-state index in [-0.39, 0.29) is 17.7 Å². The summed E-state index contributed by atoms with van der Waals surface area (Å²) < 4.78 is 3.87. The van der Waals surface area contributed by atoms with Gasteiger partial charge in [0.05, 0.1) is 28.8 Å². The number of nitrogens with zero attached hydrogens (tertiary/aromatic N) is 4. The number of carbonyl (C=O) groups excluding carboxylic acids is 1. The van der Waals surface area contributed by atoms with Crippen molar-refractivity contribution in [2.24, 2.45) is 5.92 Å². The Bertz CT molecular complexity index is 981. The minimum Gasteiger partial charge on any atom is -0.352 e. The lowest BCUT2D eigenvalue weighted by molar-refractivity contribution is 0.0945. The number of benzene rings is 1. The van der Waals surface area contributed by atoms with E-state index >= 15 is 0 Å². The van der Waals surface area contributed by atoms with Gasteiger partial charge in [-0.3, -0.25) is 9.48 Å². The molecule has 3 rings (SSSR count). The first-order valence-electron chi connectivity index (χ1n) is 10.2. The van der Waals surface area contributed by atoms with Crippen molar-refractivity contribution in [3.8, 4) is 5.69 Å². The molecule has 6 nitrogen and oxygen atoms in total. The highest BCUT2D eigenvalue weighted by atomic mass is 16.1. The molecule has 0 saturated carbocycles. The highest BCUT2D eigenvalue weighted by molar-refractivity contribution is 5.95. The Morgan fingerprint density at radius 3 is 2.38 bits per heavy atom. The van der Waals surface area contributed by atoms with Crippen LogP contribution in [0.15, 0.2) is 36.5 Å². The number of rotatable bonds is 7. The molecule has 0 aliphatic carbocycles. The highest BCUT2D eigenvalue weighted by Gasteiger charge is 2.21. The molecule has 6 heteroatoms. The Morgan fingerprint density at radius 2 is 1.79 bits per heavy atom. The van der Waals surface area contributed by atoms with E-state index in [2.05, 4.69) is 68.3 Å². The van der Waals surface area contributed by atoms with Crippen molar-refractivity contribution >= 4 is 5.91 Å². The van der Waals surface area contributed by atoms with Crippen molar-refractivity contribution in [2.75, 3.05) is 6.54 Å². The van der Waals surface area contributed by atoms with Crippen LogP contribution in [-0.2, 0) is 6.54 Å². The molecule has 0 bridgehead atoms. The molecule has 2 heterocycles. The predicted octanol–water partition coefficient (Wildman–Crippen LogP) is 4.18. The largest absolute Gasteiger partial charge is 0.352 e. The number of aromatic nitrogens is 4. The van der Waals surface area contributed by atoms with Crippen LogP contribution in [0.25, 0.3) is 5.69 Å². The van der Waals surface area contributed by atoms with Crippen LogP contribution in [0, 0.1) is 26.7 Å². The van der Waals surface area contributed by atoms with Crippen LogP contribution in [0.5, 0.6) is 0 Å². The van der Waals surface area contributed by atoms with Crippen molar-refractivity contribution in [1.29, 1.82) is 0 Å². The molecule has 1 atom stereocenters. The van der Waals surface area contributed by atoms with E-state index in [1.165, 1.54) is 5.56 Å². The average Bonchev–Trinajstić information content (AvgIpc) is 3.24. The third kappa shape index (κ3) is 4.75. The number of nitrogens with one attached hydrogen (secondary N) is 1. The zero-order valence-electron chi connectivity index (χ0n) is 18.2. The number of amides is 1. The van der Waals surface area contributed by atoms with E-state index in [1.807, 2.05) is 28.4 Å². The maximum atomic E-state index is 12.9. The van der Waals surface area contributed by atoms with Crippen LogP contribution in [-0.4, -0.2) is 32.0 Å². The van der Waals surface area contributed by atoms with Crippen LogP contribution in [0.2, 0.25) is 0 Å². The summed E-state index contributed by atoms with van der Waals surface area (Å²) in [5, 5.41) is 12.1. The Morgan fingerprint density at radius 1 is 1.10 bits per heavy atom. The number of carbonyl (C=O) groups is 1. The third-order valence-electron chi connectivity index (χ3n) is 5.08. The monoisotopic (exact) mass is 393 g/mol. The minimum absolute atomic E-state index is 0.0766. The van der Waals surface area contributed by atoms with Crippen molar-refractivity contribution in [3.63, 3.8) is 0 Å². The molecule has 1 aromatic carbocycles. The molecule has 0 aliphatic heterocycles. The second-order valence-corrected chi connectivity index (χ2v) is 8.27. The van der Waals surface area contributed by atoms with Gasteiger partial charge < -0.3 is 5.32 Å². The first-order valence-corrected chi connectivity index (χ1v) is 10.2. The van der Waals surface area contributed by atoms with Gasteiger partial charge in [0.25, 0.3) is 5.91 Å². The van der Waals surface area contributed by atoms with Gasteiger partial charge in [0.2, 0.25) is 0 Å². The summed E-state index contributed by atoms with van der Waals surface area (Å²) in [5.74, 6) is 0.366. The zero-order chi connectivity index (χ0) is 21.1. The van der Waals surface area contributed by atoms with Crippen LogP contribution >= 0.6 is 0 Å². The number of hydrogen-bond acceptors (Lipinski definition) is 3. The lowest BCUT2D eigenvalue weighted by Crippen LogP contribution is -2.31. The summed E-state index contributed by atoms with van der Waals surface area (Å²) in [7, 11) is 0. The van der Waals surface area contributed by atoms with E-state index in [4.69, 9.17) is 0 Å². The Hall–Kier alpha value is -2.89. The molecule has 0 saturated heterocycles. The number of aryl methyl sites for hydroxylation is 3. The molecular weight excluding hydrogens is 362 g/mol. The normalized spacial score (nSPS) is 12.4. The van der Waals surface area contributed by atoms with Gasteiger partial charge in [0.1, 0.15) is 0 Å². The molecule has 1 unspecified atom stereocenters. The van der Waals surface area contributed by atoms with Crippen molar-refractivity contribution < 1.29 is 4.79 Å². The summed E-state index contributed by atoms with van der Waals surface area (Å²) in [6, 6.07) is 10.3. The molecule has 0 fully saturated rings. The van der Waals surface area contributed by atoms with Gasteiger partial charge in [0.15, 0.2) is 0 Å². The second-order valence-electron chi connectivity index (χ2n) is 8.27. The van der Waals surface area contributed by atoms with Crippen molar-refractivity contribution in [2.45, 2.75) is 54.0 Å². The molecule has 1 N–H and O–H groups in total. The topological polar surface area (TPSA) is 64.7 Å². The van der Waals surface area contributed by atoms with Gasteiger partial charge in [-0.15, -0.1) is 0 Å². The first-order chi connectivity index (χ1) is 13.8. The SMILES string of the molecule is Cc1ccc(-n2ncc(C(=O)NCC(C)Cn3nc(C)cc3C)c2C(C)C)cc1. The molecule has 0 radical (unpaired) electrons. The summed E-state index contributed by atoms with van der Waals surface area (Å²) in [6.45, 7) is 13.8. The number of hydrogen-bond donors (Lipinski definition) is 1. The fraction of sp³-hybridized carbons (Fsp3) is 0.435. The fourth-order valence-corrected chi connectivity index (χ4v) is 3.56. The lowest BCUT2D eigenvalue weighted by atomic mass is 10.0. The predicted molar refractivity (Wildman–Crippen MR) is 116 cm³/mol. The average molecular weight is 394 g/mol. The third-order valence-corrected chi connectivity index (χ3v) is 5.08.